The maximum atomic E-state index is 5.06. The number of fused-ring (bicyclic) bond motifs is 1. The molecular formula is C43H33N3. The van der Waals surface area contributed by atoms with E-state index in [1.54, 1.807) is 0 Å². The number of nitrogens with zero attached hydrogens (tertiary/aromatic N) is 3. The summed E-state index contributed by atoms with van der Waals surface area (Å²) in [6.45, 7) is 8.13. The third-order valence-electron chi connectivity index (χ3n) is 8.35. The standard InChI is InChI=1S/C43H33N3/c1-4-30(5-2)34-16-11-18-36(27-34)42-44-41(33-14-7-6-8-15-33)45-43(46-42)37-19-12-17-35(28-37)39-26-25-31-13-9-10-20-38(31)40(39)32-23-21-29(3)22-24-32/h4-28H,1H2,2-3H3/b30-5+. The van der Waals surface area contributed by atoms with E-state index in [0.717, 1.165) is 39.0 Å². The summed E-state index contributed by atoms with van der Waals surface area (Å²) in [5, 5.41) is 2.44. The molecule has 46 heavy (non-hydrogen) atoms. The zero-order valence-electron chi connectivity index (χ0n) is 26.0. The highest BCUT2D eigenvalue weighted by Crippen LogP contribution is 2.39. The molecule has 7 rings (SSSR count). The maximum absolute atomic E-state index is 5.06. The van der Waals surface area contributed by atoms with Crippen LogP contribution in [-0.2, 0) is 0 Å². The van der Waals surface area contributed by atoms with Gasteiger partial charge in [-0.05, 0) is 70.1 Å². The van der Waals surface area contributed by atoms with Crippen LogP contribution in [0.3, 0.4) is 0 Å². The highest BCUT2D eigenvalue weighted by molar-refractivity contribution is 6.04. The van der Waals surface area contributed by atoms with Gasteiger partial charge in [-0.2, -0.15) is 0 Å². The van der Waals surface area contributed by atoms with Crippen molar-refractivity contribution >= 4 is 16.3 Å². The lowest BCUT2D eigenvalue weighted by molar-refractivity contribution is 1.07. The second kappa shape index (κ2) is 12.6. The molecule has 220 valence electrons. The Labute approximate surface area is 270 Å². The molecule has 3 nitrogen and oxygen atoms in total. The zero-order chi connectivity index (χ0) is 31.5. The van der Waals surface area contributed by atoms with Crippen molar-refractivity contribution < 1.29 is 0 Å². The first kappa shape index (κ1) is 28.8. The predicted octanol–water partition coefficient (Wildman–Crippen LogP) is 11.3. The van der Waals surface area contributed by atoms with E-state index in [0.29, 0.717) is 17.5 Å². The molecular weight excluding hydrogens is 558 g/mol. The highest BCUT2D eigenvalue weighted by atomic mass is 15.0. The molecule has 0 spiro atoms. The Morgan fingerprint density at radius 1 is 0.543 bits per heavy atom. The minimum atomic E-state index is 0.627. The summed E-state index contributed by atoms with van der Waals surface area (Å²) in [6, 6.07) is 48.7. The SMILES string of the molecule is C=C/C(=C\C)c1cccc(-c2nc(-c3ccccc3)nc(-c3cccc(-c4ccc5ccccc5c4-c4ccc(C)cc4)c3)n2)c1. The Hall–Kier alpha value is -5.93. The number of benzene rings is 6. The Kier molecular flexibility index (Phi) is 7.89. The maximum Gasteiger partial charge on any atom is 0.164 e. The molecule has 7 aromatic rings. The van der Waals surface area contributed by atoms with Crippen molar-refractivity contribution in [1.29, 1.82) is 0 Å². The molecule has 0 bridgehead atoms. The van der Waals surface area contributed by atoms with E-state index in [2.05, 4.69) is 117 Å². The summed E-state index contributed by atoms with van der Waals surface area (Å²) < 4.78 is 0. The highest BCUT2D eigenvalue weighted by Gasteiger charge is 2.16. The number of aryl methyl sites for hydroxylation is 1. The van der Waals surface area contributed by atoms with Gasteiger partial charge in [0.1, 0.15) is 0 Å². The third kappa shape index (κ3) is 5.67. The van der Waals surface area contributed by atoms with Crippen molar-refractivity contribution in [3.05, 3.63) is 169 Å². The van der Waals surface area contributed by atoms with E-state index in [9.17, 15) is 0 Å². The molecule has 0 radical (unpaired) electrons. The molecule has 0 aliphatic heterocycles. The van der Waals surface area contributed by atoms with Crippen LogP contribution in [0.25, 0.3) is 72.8 Å². The van der Waals surface area contributed by atoms with E-state index in [-0.39, 0.29) is 0 Å². The Morgan fingerprint density at radius 2 is 1.15 bits per heavy atom. The van der Waals surface area contributed by atoms with Crippen molar-refractivity contribution in [3.63, 3.8) is 0 Å². The fourth-order valence-electron chi connectivity index (χ4n) is 5.96. The molecule has 0 amide bonds. The van der Waals surface area contributed by atoms with Crippen LogP contribution in [0.15, 0.2) is 158 Å². The average molecular weight is 592 g/mol. The molecule has 0 saturated carbocycles. The summed E-state index contributed by atoms with van der Waals surface area (Å²) in [5.41, 5.74) is 10.8. The smallest absolute Gasteiger partial charge is 0.164 e. The average Bonchev–Trinajstić information content (AvgIpc) is 3.12. The van der Waals surface area contributed by atoms with Gasteiger partial charge in [-0.15, -0.1) is 0 Å². The van der Waals surface area contributed by atoms with Gasteiger partial charge in [0.15, 0.2) is 17.5 Å². The number of hydrogen-bond acceptors (Lipinski definition) is 3. The lowest BCUT2D eigenvalue weighted by Crippen LogP contribution is -2.00. The fraction of sp³-hybridized carbons (Fsp3) is 0.0465. The summed E-state index contributed by atoms with van der Waals surface area (Å²) in [4.78, 5) is 15.0. The van der Waals surface area contributed by atoms with Gasteiger partial charge in [-0.25, -0.2) is 15.0 Å². The minimum Gasteiger partial charge on any atom is -0.208 e. The molecule has 6 aromatic carbocycles. The number of rotatable bonds is 7. The van der Waals surface area contributed by atoms with Crippen molar-refractivity contribution in [3.8, 4) is 56.4 Å². The van der Waals surface area contributed by atoms with Gasteiger partial charge < -0.3 is 0 Å². The number of hydrogen-bond donors (Lipinski definition) is 0. The summed E-state index contributed by atoms with van der Waals surface area (Å²) in [5.74, 6) is 1.89. The summed E-state index contributed by atoms with van der Waals surface area (Å²) >= 11 is 0. The summed E-state index contributed by atoms with van der Waals surface area (Å²) in [7, 11) is 0. The van der Waals surface area contributed by atoms with Crippen LogP contribution >= 0.6 is 0 Å². The Balaban J connectivity index is 1.40. The lowest BCUT2D eigenvalue weighted by Gasteiger charge is -2.15. The van der Waals surface area contributed by atoms with E-state index in [1.165, 1.54) is 27.5 Å². The van der Waals surface area contributed by atoms with Gasteiger partial charge in [0, 0.05) is 16.7 Å². The first-order valence-corrected chi connectivity index (χ1v) is 15.5. The first-order chi connectivity index (χ1) is 22.6. The topological polar surface area (TPSA) is 38.7 Å². The predicted molar refractivity (Wildman–Crippen MR) is 193 cm³/mol. The molecule has 0 atom stereocenters. The molecule has 3 heteroatoms. The van der Waals surface area contributed by atoms with Gasteiger partial charge >= 0.3 is 0 Å². The summed E-state index contributed by atoms with van der Waals surface area (Å²) in [6.07, 6.45) is 3.93. The molecule has 0 N–H and O–H groups in total. The monoisotopic (exact) mass is 591 g/mol. The molecule has 0 fully saturated rings. The largest absolute Gasteiger partial charge is 0.208 e. The lowest BCUT2D eigenvalue weighted by atomic mass is 9.89. The number of aromatic nitrogens is 3. The van der Waals surface area contributed by atoms with E-state index in [1.807, 2.05) is 55.5 Å². The zero-order valence-corrected chi connectivity index (χ0v) is 26.0. The molecule has 0 aliphatic carbocycles. The number of allylic oxidation sites excluding steroid dienone is 3. The molecule has 0 aliphatic rings. The molecule has 1 aromatic heterocycles. The Bertz CT molecular complexity index is 2230. The minimum absolute atomic E-state index is 0.627. The second-order valence-corrected chi connectivity index (χ2v) is 11.4. The van der Waals surface area contributed by atoms with Crippen LogP contribution < -0.4 is 0 Å². The van der Waals surface area contributed by atoms with Crippen LogP contribution in [0.4, 0.5) is 0 Å². The molecule has 0 unspecified atom stereocenters. The van der Waals surface area contributed by atoms with Crippen LogP contribution in [0.5, 0.6) is 0 Å². The second-order valence-electron chi connectivity index (χ2n) is 11.4. The van der Waals surface area contributed by atoms with Gasteiger partial charge in [0.05, 0.1) is 0 Å². The van der Waals surface area contributed by atoms with Crippen LogP contribution in [-0.4, -0.2) is 15.0 Å². The van der Waals surface area contributed by atoms with Gasteiger partial charge in [0.2, 0.25) is 0 Å². The molecule has 1 heterocycles. The van der Waals surface area contributed by atoms with Gasteiger partial charge in [-0.1, -0.05) is 152 Å². The molecule has 0 saturated heterocycles. The third-order valence-corrected chi connectivity index (χ3v) is 8.35. The van der Waals surface area contributed by atoms with Crippen molar-refractivity contribution in [1.82, 2.24) is 15.0 Å². The first-order valence-electron chi connectivity index (χ1n) is 15.5. The van der Waals surface area contributed by atoms with Gasteiger partial charge in [0.25, 0.3) is 0 Å². The Morgan fingerprint density at radius 3 is 1.87 bits per heavy atom. The van der Waals surface area contributed by atoms with E-state index >= 15 is 0 Å². The van der Waals surface area contributed by atoms with Crippen LogP contribution in [0.2, 0.25) is 0 Å². The van der Waals surface area contributed by atoms with E-state index < -0.39 is 0 Å². The van der Waals surface area contributed by atoms with Crippen molar-refractivity contribution in [2.45, 2.75) is 13.8 Å². The van der Waals surface area contributed by atoms with Crippen LogP contribution in [0.1, 0.15) is 18.1 Å². The van der Waals surface area contributed by atoms with Gasteiger partial charge in [-0.3, -0.25) is 0 Å². The van der Waals surface area contributed by atoms with Crippen LogP contribution in [0, 0.1) is 6.92 Å². The van der Waals surface area contributed by atoms with Crippen molar-refractivity contribution in [2.24, 2.45) is 0 Å². The fourth-order valence-corrected chi connectivity index (χ4v) is 5.96. The quantitative estimate of drug-likeness (QED) is 0.173. The normalized spacial score (nSPS) is 11.5. The van der Waals surface area contributed by atoms with Crippen molar-refractivity contribution in [2.75, 3.05) is 0 Å². The van der Waals surface area contributed by atoms with E-state index in [4.69, 9.17) is 15.0 Å².